The zero-order valence-corrected chi connectivity index (χ0v) is 16.4. The molecule has 4 bridgehead atoms. The summed E-state index contributed by atoms with van der Waals surface area (Å²) in [7, 11) is 1.77. The fourth-order valence-electron chi connectivity index (χ4n) is 6.93. The van der Waals surface area contributed by atoms with Crippen molar-refractivity contribution in [3.63, 3.8) is 0 Å². The Morgan fingerprint density at radius 2 is 1.67 bits per heavy atom. The average Bonchev–Trinajstić information content (AvgIpc) is 3.06. The number of rotatable bonds is 5. The molecule has 5 aliphatic rings. The standard InChI is InChI=1S/C23H33N3O/c1-24-23(27)21-12-20(14-26(21)13-15-5-3-2-4-6-15)25-22-18-8-16-7-17(10-18)11-19(22)9-16/h2-6,16-22,25H,7-14H2,1H3,(H,24,27)/t16?,17?,18?,19?,20-,21+,22?/m1/s1. The summed E-state index contributed by atoms with van der Waals surface area (Å²) in [6.45, 7) is 1.84. The Kier molecular flexibility index (Phi) is 4.73. The molecule has 1 aromatic rings. The van der Waals surface area contributed by atoms with Gasteiger partial charge in [-0.1, -0.05) is 30.3 Å². The van der Waals surface area contributed by atoms with E-state index in [-0.39, 0.29) is 11.9 Å². The minimum Gasteiger partial charge on any atom is -0.358 e. The van der Waals surface area contributed by atoms with Crippen LogP contribution in [-0.2, 0) is 11.3 Å². The van der Waals surface area contributed by atoms with Gasteiger partial charge >= 0.3 is 0 Å². The molecule has 1 heterocycles. The highest BCUT2D eigenvalue weighted by atomic mass is 16.2. The number of carbonyl (C=O) groups excluding carboxylic acids is 1. The molecule has 4 saturated carbocycles. The Morgan fingerprint density at radius 3 is 2.30 bits per heavy atom. The van der Waals surface area contributed by atoms with Crippen molar-refractivity contribution in [2.45, 2.75) is 63.2 Å². The van der Waals surface area contributed by atoms with Gasteiger partial charge in [0.15, 0.2) is 0 Å². The number of hydrogen-bond donors (Lipinski definition) is 2. The Bertz CT molecular complexity index is 647. The van der Waals surface area contributed by atoms with E-state index in [0.717, 1.165) is 43.2 Å². The topological polar surface area (TPSA) is 44.4 Å². The highest BCUT2D eigenvalue weighted by molar-refractivity contribution is 5.81. The fraction of sp³-hybridized carbons (Fsp3) is 0.696. The van der Waals surface area contributed by atoms with Gasteiger partial charge in [-0.05, 0) is 67.8 Å². The summed E-state index contributed by atoms with van der Waals surface area (Å²) in [5.41, 5.74) is 1.29. The zero-order valence-electron chi connectivity index (χ0n) is 16.4. The van der Waals surface area contributed by atoms with Crippen LogP contribution in [-0.4, -0.2) is 42.5 Å². The number of hydrogen-bond acceptors (Lipinski definition) is 3. The first-order valence-corrected chi connectivity index (χ1v) is 10.9. The van der Waals surface area contributed by atoms with Crippen LogP contribution in [0.15, 0.2) is 30.3 Å². The van der Waals surface area contributed by atoms with Crippen molar-refractivity contribution in [1.29, 1.82) is 0 Å². The first-order valence-electron chi connectivity index (χ1n) is 10.9. The van der Waals surface area contributed by atoms with Crippen molar-refractivity contribution in [1.82, 2.24) is 15.5 Å². The maximum atomic E-state index is 12.5. The van der Waals surface area contributed by atoms with Crippen LogP contribution in [0.5, 0.6) is 0 Å². The molecule has 4 nitrogen and oxygen atoms in total. The van der Waals surface area contributed by atoms with E-state index >= 15 is 0 Å². The Labute approximate surface area is 163 Å². The second-order valence-corrected chi connectivity index (χ2v) is 9.60. The molecule has 0 aromatic heterocycles. The average molecular weight is 368 g/mol. The van der Waals surface area contributed by atoms with Crippen LogP contribution in [0.25, 0.3) is 0 Å². The number of carbonyl (C=O) groups is 1. The number of benzene rings is 1. The number of amides is 1. The van der Waals surface area contributed by atoms with Crippen LogP contribution in [0.2, 0.25) is 0 Å². The van der Waals surface area contributed by atoms with Crippen LogP contribution in [0, 0.1) is 23.7 Å². The van der Waals surface area contributed by atoms with Crippen LogP contribution in [0.3, 0.4) is 0 Å². The monoisotopic (exact) mass is 367 g/mol. The third kappa shape index (κ3) is 3.42. The van der Waals surface area contributed by atoms with Gasteiger partial charge in [0.25, 0.3) is 0 Å². The molecule has 1 amide bonds. The molecule has 27 heavy (non-hydrogen) atoms. The largest absolute Gasteiger partial charge is 0.358 e. The Hall–Kier alpha value is -1.39. The smallest absolute Gasteiger partial charge is 0.237 e. The second kappa shape index (κ2) is 7.21. The lowest BCUT2D eigenvalue weighted by Gasteiger charge is -2.55. The molecule has 6 rings (SSSR count). The maximum absolute atomic E-state index is 12.5. The Balaban J connectivity index is 1.27. The van der Waals surface area contributed by atoms with Gasteiger partial charge in [0.1, 0.15) is 0 Å². The van der Waals surface area contributed by atoms with Crippen LogP contribution in [0.4, 0.5) is 0 Å². The molecule has 0 radical (unpaired) electrons. The summed E-state index contributed by atoms with van der Waals surface area (Å²) >= 11 is 0. The van der Waals surface area contributed by atoms with Crippen molar-refractivity contribution in [2.75, 3.05) is 13.6 Å². The summed E-state index contributed by atoms with van der Waals surface area (Å²) in [4.78, 5) is 14.9. The van der Waals surface area contributed by atoms with Crippen LogP contribution >= 0.6 is 0 Å². The van der Waals surface area contributed by atoms with E-state index < -0.39 is 0 Å². The summed E-state index contributed by atoms with van der Waals surface area (Å²) in [5.74, 6) is 3.98. The quantitative estimate of drug-likeness (QED) is 0.841. The lowest BCUT2D eigenvalue weighted by atomic mass is 9.54. The van der Waals surface area contributed by atoms with Gasteiger partial charge < -0.3 is 10.6 Å². The highest BCUT2D eigenvalue weighted by Gasteiger charge is 2.49. The fourth-order valence-corrected chi connectivity index (χ4v) is 6.93. The van der Waals surface area contributed by atoms with Crippen LogP contribution < -0.4 is 10.6 Å². The second-order valence-electron chi connectivity index (χ2n) is 9.60. The highest BCUT2D eigenvalue weighted by Crippen LogP contribution is 2.53. The molecule has 2 N–H and O–H groups in total. The van der Waals surface area contributed by atoms with Gasteiger partial charge in [-0.25, -0.2) is 0 Å². The van der Waals surface area contributed by atoms with E-state index in [1.807, 2.05) is 0 Å². The summed E-state index contributed by atoms with van der Waals surface area (Å²) < 4.78 is 0. The SMILES string of the molecule is CNC(=O)[C@@H]1C[C@@H](NC2C3CC4CC(C3)CC2C4)CN1Cc1ccccc1. The van der Waals surface area contributed by atoms with E-state index in [0.29, 0.717) is 12.1 Å². The zero-order chi connectivity index (χ0) is 18.4. The molecule has 2 atom stereocenters. The van der Waals surface area contributed by atoms with E-state index in [9.17, 15) is 4.79 Å². The van der Waals surface area contributed by atoms with Crippen LogP contribution in [0.1, 0.15) is 44.1 Å². The van der Waals surface area contributed by atoms with E-state index in [2.05, 4.69) is 45.9 Å². The number of nitrogens with one attached hydrogen (secondary N) is 2. The molecule has 1 saturated heterocycles. The van der Waals surface area contributed by atoms with Crippen molar-refractivity contribution < 1.29 is 4.79 Å². The molecule has 1 aliphatic heterocycles. The normalized spacial score (nSPS) is 40.4. The van der Waals surface area contributed by atoms with Crippen molar-refractivity contribution >= 4 is 5.91 Å². The van der Waals surface area contributed by atoms with Crippen molar-refractivity contribution in [3.05, 3.63) is 35.9 Å². The predicted octanol–water partition coefficient (Wildman–Crippen LogP) is 2.79. The number of likely N-dealkylation sites (tertiary alicyclic amines) is 1. The van der Waals surface area contributed by atoms with Crippen molar-refractivity contribution in [3.8, 4) is 0 Å². The third-order valence-electron chi connectivity index (χ3n) is 7.84. The minimum absolute atomic E-state index is 0.00969. The number of likely N-dealkylation sites (N-methyl/N-ethyl adjacent to an activating group) is 1. The summed E-state index contributed by atoms with van der Waals surface area (Å²) in [5, 5.41) is 6.95. The number of nitrogens with zero attached hydrogens (tertiary/aromatic N) is 1. The maximum Gasteiger partial charge on any atom is 0.237 e. The van der Waals surface area contributed by atoms with Crippen molar-refractivity contribution in [2.24, 2.45) is 23.7 Å². The van der Waals surface area contributed by atoms with Gasteiger partial charge in [0.2, 0.25) is 5.91 Å². The molecule has 4 heteroatoms. The van der Waals surface area contributed by atoms with Gasteiger partial charge in [-0.15, -0.1) is 0 Å². The summed E-state index contributed by atoms with van der Waals surface area (Å²) in [6, 6.07) is 11.7. The molecule has 5 fully saturated rings. The predicted molar refractivity (Wildman–Crippen MR) is 107 cm³/mol. The van der Waals surface area contributed by atoms with Gasteiger partial charge in [0.05, 0.1) is 6.04 Å². The van der Waals surface area contributed by atoms with E-state index in [4.69, 9.17) is 0 Å². The van der Waals surface area contributed by atoms with Gasteiger partial charge in [-0.3, -0.25) is 9.69 Å². The molecular weight excluding hydrogens is 334 g/mol. The molecule has 146 valence electrons. The molecule has 0 unspecified atom stereocenters. The summed E-state index contributed by atoms with van der Waals surface area (Å²) in [6.07, 6.45) is 8.24. The Morgan fingerprint density at radius 1 is 1.00 bits per heavy atom. The van der Waals surface area contributed by atoms with E-state index in [1.54, 1.807) is 7.05 Å². The first kappa shape index (κ1) is 17.7. The van der Waals surface area contributed by atoms with Gasteiger partial charge in [-0.2, -0.15) is 0 Å². The minimum atomic E-state index is -0.00969. The third-order valence-corrected chi connectivity index (χ3v) is 7.84. The lowest BCUT2D eigenvalue weighted by molar-refractivity contribution is -0.125. The van der Waals surface area contributed by atoms with Gasteiger partial charge in [0, 0.05) is 32.2 Å². The van der Waals surface area contributed by atoms with E-state index in [1.165, 1.54) is 37.7 Å². The first-order chi connectivity index (χ1) is 13.2. The molecule has 0 spiro atoms. The molecule has 1 aromatic carbocycles. The molecule has 4 aliphatic carbocycles. The lowest BCUT2D eigenvalue weighted by Crippen LogP contribution is -2.57. The molecular formula is C23H33N3O.